The number of carbonyl (C=O) groups excluding carboxylic acids is 1. The third kappa shape index (κ3) is 4.48. The number of hydrogen-bond donors (Lipinski definition) is 3. The summed E-state index contributed by atoms with van der Waals surface area (Å²) in [5.41, 5.74) is 1.96. The molecule has 2 rings (SSSR count). The molecule has 3 N–H and O–H groups in total. The highest BCUT2D eigenvalue weighted by atomic mass is 16.4. The molecule has 1 aromatic carbocycles. The summed E-state index contributed by atoms with van der Waals surface area (Å²) >= 11 is 0. The second-order valence-electron chi connectivity index (χ2n) is 5.54. The lowest BCUT2D eigenvalue weighted by molar-refractivity contribution is -0.142. The maximum atomic E-state index is 12.0. The SMILES string of the molecule is CCc1cccc(NC(=O)NC2CCC(C(=O)O)CC2)c1. The van der Waals surface area contributed by atoms with Crippen molar-refractivity contribution >= 4 is 17.7 Å². The molecule has 0 spiro atoms. The molecule has 21 heavy (non-hydrogen) atoms. The van der Waals surface area contributed by atoms with Crippen LogP contribution in [-0.4, -0.2) is 23.1 Å². The molecule has 0 radical (unpaired) electrons. The highest BCUT2D eigenvalue weighted by molar-refractivity contribution is 5.89. The van der Waals surface area contributed by atoms with Gasteiger partial charge in [-0.1, -0.05) is 19.1 Å². The average molecular weight is 290 g/mol. The van der Waals surface area contributed by atoms with E-state index in [1.807, 2.05) is 24.3 Å². The van der Waals surface area contributed by atoms with Gasteiger partial charge in [-0.2, -0.15) is 0 Å². The summed E-state index contributed by atoms with van der Waals surface area (Å²) < 4.78 is 0. The molecular formula is C16H22N2O3. The first-order valence-electron chi connectivity index (χ1n) is 7.47. The molecule has 0 atom stereocenters. The molecule has 5 heteroatoms. The molecular weight excluding hydrogens is 268 g/mol. The quantitative estimate of drug-likeness (QED) is 0.797. The van der Waals surface area contributed by atoms with Crippen molar-refractivity contribution in [2.45, 2.75) is 45.1 Å². The van der Waals surface area contributed by atoms with E-state index < -0.39 is 5.97 Å². The lowest BCUT2D eigenvalue weighted by Gasteiger charge is -2.26. The zero-order valence-electron chi connectivity index (χ0n) is 12.3. The molecule has 5 nitrogen and oxygen atoms in total. The van der Waals surface area contributed by atoms with E-state index in [2.05, 4.69) is 17.6 Å². The van der Waals surface area contributed by atoms with Gasteiger partial charge in [0, 0.05) is 11.7 Å². The van der Waals surface area contributed by atoms with Crippen LogP contribution in [-0.2, 0) is 11.2 Å². The number of aryl methyl sites for hydroxylation is 1. The number of urea groups is 1. The number of carboxylic acids is 1. The molecule has 0 heterocycles. The van der Waals surface area contributed by atoms with Gasteiger partial charge in [0.15, 0.2) is 0 Å². The van der Waals surface area contributed by atoms with Gasteiger partial charge < -0.3 is 15.7 Å². The fourth-order valence-corrected chi connectivity index (χ4v) is 2.71. The van der Waals surface area contributed by atoms with E-state index in [-0.39, 0.29) is 18.0 Å². The number of rotatable bonds is 4. The zero-order chi connectivity index (χ0) is 15.2. The molecule has 114 valence electrons. The van der Waals surface area contributed by atoms with Gasteiger partial charge in [-0.15, -0.1) is 0 Å². The zero-order valence-corrected chi connectivity index (χ0v) is 12.3. The van der Waals surface area contributed by atoms with E-state index in [1.54, 1.807) is 0 Å². The Hall–Kier alpha value is -2.04. The Morgan fingerprint density at radius 3 is 2.57 bits per heavy atom. The monoisotopic (exact) mass is 290 g/mol. The molecule has 1 aromatic rings. The minimum Gasteiger partial charge on any atom is -0.481 e. The summed E-state index contributed by atoms with van der Waals surface area (Å²) in [5.74, 6) is -0.985. The number of anilines is 1. The maximum absolute atomic E-state index is 12.0. The minimum absolute atomic E-state index is 0.0648. The number of carbonyl (C=O) groups is 2. The van der Waals surface area contributed by atoms with Crippen molar-refractivity contribution in [2.75, 3.05) is 5.32 Å². The van der Waals surface area contributed by atoms with Gasteiger partial charge in [-0.3, -0.25) is 4.79 Å². The predicted octanol–water partition coefficient (Wildman–Crippen LogP) is 3.01. The second kappa shape index (κ2) is 7.11. The Balaban J connectivity index is 1.81. The van der Waals surface area contributed by atoms with Crippen LogP contribution in [0.4, 0.5) is 10.5 Å². The number of hydrogen-bond acceptors (Lipinski definition) is 2. The van der Waals surface area contributed by atoms with E-state index in [4.69, 9.17) is 5.11 Å². The number of carboxylic acid groups (broad SMARTS) is 1. The molecule has 2 amide bonds. The second-order valence-corrected chi connectivity index (χ2v) is 5.54. The fraction of sp³-hybridized carbons (Fsp3) is 0.500. The molecule has 0 aromatic heterocycles. The largest absolute Gasteiger partial charge is 0.481 e. The molecule has 1 saturated carbocycles. The summed E-state index contributed by atoms with van der Waals surface area (Å²) in [6.07, 6.45) is 3.63. The van der Waals surface area contributed by atoms with E-state index in [0.717, 1.165) is 24.9 Å². The number of benzene rings is 1. The van der Waals surface area contributed by atoms with Gasteiger partial charge in [0.2, 0.25) is 0 Å². The number of aliphatic carboxylic acids is 1. The summed E-state index contributed by atoms with van der Waals surface area (Å²) in [5, 5.41) is 14.7. The van der Waals surface area contributed by atoms with Gasteiger partial charge >= 0.3 is 12.0 Å². The Bertz CT molecular complexity index is 508. The summed E-state index contributed by atoms with van der Waals surface area (Å²) in [6, 6.07) is 7.61. The molecule has 0 aliphatic heterocycles. The first-order valence-corrected chi connectivity index (χ1v) is 7.47. The molecule has 0 bridgehead atoms. The Kier molecular flexibility index (Phi) is 5.20. The third-order valence-electron chi connectivity index (χ3n) is 4.00. The standard InChI is InChI=1S/C16H22N2O3/c1-2-11-4-3-5-14(10-11)18-16(21)17-13-8-6-12(7-9-13)15(19)20/h3-5,10,12-13H,2,6-9H2,1H3,(H,19,20)(H2,17,18,21). The average Bonchev–Trinajstić information content (AvgIpc) is 2.47. The van der Waals surface area contributed by atoms with Crippen molar-refractivity contribution in [1.29, 1.82) is 0 Å². The summed E-state index contributed by atoms with van der Waals surface area (Å²) in [7, 11) is 0. The van der Waals surface area contributed by atoms with Crippen molar-refractivity contribution < 1.29 is 14.7 Å². The summed E-state index contributed by atoms with van der Waals surface area (Å²) in [4.78, 5) is 22.8. The molecule has 0 saturated heterocycles. The smallest absolute Gasteiger partial charge is 0.319 e. The minimum atomic E-state index is -0.728. The fourth-order valence-electron chi connectivity index (χ4n) is 2.71. The maximum Gasteiger partial charge on any atom is 0.319 e. The number of amides is 2. The van der Waals surface area contributed by atoms with E-state index in [0.29, 0.717) is 12.8 Å². The van der Waals surface area contributed by atoms with Gasteiger partial charge in [0.1, 0.15) is 0 Å². The Morgan fingerprint density at radius 2 is 1.95 bits per heavy atom. The lowest BCUT2D eigenvalue weighted by atomic mass is 9.86. The number of nitrogens with one attached hydrogen (secondary N) is 2. The first-order chi connectivity index (χ1) is 10.1. The van der Waals surface area contributed by atoms with E-state index in [9.17, 15) is 9.59 Å². The van der Waals surface area contributed by atoms with Crippen molar-refractivity contribution in [3.05, 3.63) is 29.8 Å². The van der Waals surface area contributed by atoms with Crippen molar-refractivity contribution in [3.63, 3.8) is 0 Å². The van der Waals surface area contributed by atoms with Crippen molar-refractivity contribution in [3.8, 4) is 0 Å². The highest BCUT2D eigenvalue weighted by Crippen LogP contribution is 2.24. The van der Waals surface area contributed by atoms with Gasteiger partial charge in [-0.05, 0) is 49.8 Å². The van der Waals surface area contributed by atoms with Gasteiger partial charge in [0.25, 0.3) is 0 Å². The van der Waals surface area contributed by atoms with E-state index in [1.165, 1.54) is 5.56 Å². The summed E-state index contributed by atoms with van der Waals surface area (Å²) in [6.45, 7) is 2.07. The van der Waals surface area contributed by atoms with Crippen LogP contribution in [0.15, 0.2) is 24.3 Å². The van der Waals surface area contributed by atoms with Crippen LogP contribution in [0, 0.1) is 5.92 Å². The van der Waals surface area contributed by atoms with Crippen LogP contribution in [0.1, 0.15) is 38.2 Å². The van der Waals surface area contributed by atoms with Crippen molar-refractivity contribution in [1.82, 2.24) is 5.32 Å². The lowest BCUT2D eigenvalue weighted by Crippen LogP contribution is -2.40. The normalized spacial score (nSPS) is 21.6. The first kappa shape index (κ1) is 15.4. The molecule has 1 aliphatic carbocycles. The third-order valence-corrected chi connectivity index (χ3v) is 4.00. The molecule has 1 fully saturated rings. The van der Waals surface area contributed by atoms with E-state index >= 15 is 0 Å². The van der Waals surface area contributed by atoms with Crippen LogP contribution in [0.25, 0.3) is 0 Å². The Labute approximate surface area is 124 Å². The highest BCUT2D eigenvalue weighted by Gasteiger charge is 2.26. The van der Waals surface area contributed by atoms with Gasteiger partial charge in [-0.25, -0.2) is 4.79 Å². The van der Waals surface area contributed by atoms with Gasteiger partial charge in [0.05, 0.1) is 5.92 Å². The molecule has 0 unspecified atom stereocenters. The van der Waals surface area contributed by atoms with Crippen LogP contribution in [0.2, 0.25) is 0 Å². The van der Waals surface area contributed by atoms with Crippen LogP contribution in [0.3, 0.4) is 0 Å². The van der Waals surface area contributed by atoms with Crippen LogP contribution >= 0.6 is 0 Å². The van der Waals surface area contributed by atoms with Crippen LogP contribution in [0.5, 0.6) is 0 Å². The van der Waals surface area contributed by atoms with Crippen molar-refractivity contribution in [2.24, 2.45) is 5.92 Å². The molecule has 1 aliphatic rings. The Morgan fingerprint density at radius 1 is 1.24 bits per heavy atom. The topological polar surface area (TPSA) is 78.4 Å². The predicted molar refractivity (Wildman–Crippen MR) is 81.4 cm³/mol. The van der Waals surface area contributed by atoms with Crippen LogP contribution < -0.4 is 10.6 Å².